The van der Waals surface area contributed by atoms with E-state index >= 15 is 0 Å². The maximum atomic E-state index is 14.7. The number of aliphatic carboxylic acids is 1. The van der Waals surface area contributed by atoms with Crippen molar-refractivity contribution < 1.29 is 36.7 Å². The molecule has 10 nitrogen and oxygen atoms in total. The molecule has 4 aromatic rings. The zero-order chi connectivity index (χ0) is 30.6. The van der Waals surface area contributed by atoms with E-state index in [0.717, 1.165) is 18.7 Å². The molecule has 3 aromatic heterocycles. The maximum Gasteiger partial charge on any atom is 0.490 e. The topological polar surface area (TPSA) is 124 Å². The van der Waals surface area contributed by atoms with E-state index in [1.165, 1.54) is 18.5 Å². The normalized spacial score (nSPS) is 14.4. The highest BCUT2D eigenvalue weighted by Gasteiger charge is 2.38. The number of oxazole rings is 1. The van der Waals surface area contributed by atoms with Crippen LogP contribution in [0.3, 0.4) is 0 Å². The molecule has 42 heavy (non-hydrogen) atoms. The maximum absolute atomic E-state index is 14.7. The molecule has 1 aliphatic heterocycles. The Morgan fingerprint density at radius 1 is 1.12 bits per heavy atom. The van der Waals surface area contributed by atoms with Crippen LogP contribution in [0.1, 0.15) is 33.7 Å². The summed E-state index contributed by atoms with van der Waals surface area (Å²) in [6, 6.07) is 5.97. The number of hydrogen-bond acceptors (Lipinski definition) is 6. The molecule has 0 bridgehead atoms. The minimum atomic E-state index is -5.08. The summed E-state index contributed by atoms with van der Waals surface area (Å²) >= 11 is 12.4. The molecule has 1 fully saturated rings. The lowest BCUT2D eigenvalue weighted by molar-refractivity contribution is -0.192. The second-order valence-corrected chi connectivity index (χ2v) is 10.1. The number of hydrogen-bond donors (Lipinski definition) is 2. The molecule has 4 heterocycles. The van der Waals surface area contributed by atoms with E-state index in [1.54, 1.807) is 33.9 Å². The number of nitrogens with zero attached hydrogens (tertiary/aromatic N) is 4. The van der Waals surface area contributed by atoms with Gasteiger partial charge in [0.05, 0.1) is 16.3 Å². The van der Waals surface area contributed by atoms with Crippen LogP contribution in [0.2, 0.25) is 10.2 Å². The van der Waals surface area contributed by atoms with Crippen molar-refractivity contribution in [3.05, 3.63) is 92.0 Å². The number of H-pyrrole nitrogens is 1. The first kappa shape index (κ1) is 31.1. The third-order valence-corrected chi connectivity index (χ3v) is 7.18. The minimum Gasteiger partial charge on any atom is -0.475 e. The Hall–Kier alpha value is -3.88. The highest BCUT2D eigenvalue weighted by Crippen LogP contribution is 2.27. The molecule has 1 aliphatic rings. The van der Waals surface area contributed by atoms with Gasteiger partial charge in [-0.1, -0.05) is 29.3 Å². The molecular formula is C26H23Cl2F4N5O5. The molecular weight excluding hydrogens is 609 g/mol. The van der Waals surface area contributed by atoms with Crippen LogP contribution < -0.4 is 5.56 Å². The fourth-order valence-electron chi connectivity index (χ4n) is 4.42. The summed E-state index contributed by atoms with van der Waals surface area (Å²) in [4.78, 5) is 45.0. The van der Waals surface area contributed by atoms with Gasteiger partial charge in [0, 0.05) is 51.0 Å². The molecule has 2 N–H and O–H groups in total. The number of aromatic amines is 1. The van der Waals surface area contributed by atoms with Crippen molar-refractivity contribution in [1.82, 2.24) is 24.2 Å². The average Bonchev–Trinajstić information content (AvgIpc) is 3.48. The summed E-state index contributed by atoms with van der Waals surface area (Å²) in [6.07, 6.45) is 0.549. The molecule has 0 aliphatic carbocycles. The first-order valence-electron chi connectivity index (χ1n) is 12.4. The Balaban J connectivity index is 0.000000517. The van der Waals surface area contributed by atoms with Gasteiger partial charge in [-0.25, -0.2) is 14.2 Å². The number of carbonyl (C=O) groups is 2. The summed E-state index contributed by atoms with van der Waals surface area (Å²) in [6.45, 7) is 3.12. The van der Waals surface area contributed by atoms with Crippen LogP contribution in [-0.4, -0.2) is 73.5 Å². The lowest BCUT2D eigenvalue weighted by Crippen LogP contribution is -2.35. The van der Waals surface area contributed by atoms with Crippen molar-refractivity contribution in [2.24, 2.45) is 0 Å². The number of aromatic nitrogens is 3. The van der Waals surface area contributed by atoms with Gasteiger partial charge in [-0.15, -0.1) is 0 Å². The zero-order valence-electron chi connectivity index (χ0n) is 21.6. The van der Waals surface area contributed by atoms with Crippen LogP contribution in [0.15, 0.2) is 52.3 Å². The van der Waals surface area contributed by atoms with Gasteiger partial charge in [0.25, 0.3) is 11.5 Å². The van der Waals surface area contributed by atoms with Crippen molar-refractivity contribution in [2.75, 3.05) is 26.2 Å². The predicted octanol–water partition coefficient (Wildman–Crippen LogP) is 4.63. The molecule has 0 saturated carbocycles. The lowest BCUT2D eigenvalue weighted by Gasteiger charge is -2.22. The smallest absolute Gasteiger partial charge is 0.475 e. The quantitative estimate of drug-likeness (QED) is 0.308. The molecule has 0 spiro atoms. The highest BCUT2D eigenvalue weighted by molar-refractivity contribution is 6.42. The van der Waals surface area contributed by atoms with Gasteiger partial charge in [-0.3, -0.25) is 18.9 Å². The fourth-order valence-corrected chi connectivity index (χ4v) is 4.87. The van der Waals surface area contributed by atoms with E-state index in [0.29, 0.717) is 49.4 Å². The number of carboxylic acid groups (broad SMARTS) is 1. The van der Waals surface area contributed by atoms with E-state index in [1.807, 2.05) is 0 Å². The van der Waals surface area contributed by atoms with Crippen LogP contribution in [0.5, 0.6) is 0 Å². The van der Waals surface area contributed by atoms with Crippen molar-refractivity contribution in [3.63, 3.8) is 0 Å². The Labute approximate surface area is 245 Å². The number of benzene rings is 1. The molecule has 5 rings (SSSR count). The second kappa shape index (κ2) is 13.0. The third kappa shape index (κ3) is 7.30. The van der Waals surface area contributed by atoms with Gasteiger partial charge in [0.15, 0.2) is 6.39 Å². The van der Waals surface area contributed by atoms with E-state index in [4.69, 9.17) is 37.5 Å². The van der Waals surface area contributed by atoms with Crippen LogP contribution in [0.25, 0.3) is 5.52 Å². The van der Waals surface area contributed by atoms with E-state index in [-0.39, 0.29) is 27.2 Å². The zero-order valence-corrected chi connectivity index (χ0v) is 23.1. The number of fused-ring (bicyclic) bond motifs is 1. The van der Waals surface area contributed by atoms with Gasteiger partial charge < -0.3 is 19.4 Å². The van der Waals surface area contributed by atoms with Gasteiger partial charge in [0.1, 0.15) is 22.8 Å². The van der Waals surface area contributed by atoms with Gasteiger partial charge >= 0.3 is 12.1 Å². The van der Waals surface area contributed by atoms with Crippen molar-refractivity contribution >= 4 is 40.6 Å². The molecule has 1 amide bonds. The van der Waals surface area contributed by atoms with Crippen molar-refractivity contribution in [1.29, 1.82) is 0 Å². The standard InChI is InChI=1S/C24H22Cl2FN5O3.C2HF3O2/c25-19-10-21-23(33)28-11-17(32(21)22(19)26)8-15-2-3-20(27)18(9-15)24(34)31-5-1-4-30(6-7-31)12-16-13-35-14-29-16;3-2(4,5)1(6)7/h2-3,9-11,13-14H,1,4-8,12H2,(H,28,33);(H,6,7). The largest absolute Gasteiger partial charge is 0.490 e. The van der Waals surface area contributed by atoms with Crippen LogP contribution in [0.4, 0.5) is 17.6 Å². The SMILES string of the molecule is O=C(O)C(F)(F)F.O=C(c1cc(Cc2c[nH]c(=O)c3cc(Cl)c(Cl)n23)ccc1F)N1CCCN(Cc2cocn2)CC1. The summed E-state index contributed by atoms with van der Waals surface area (Å²) < 4.78 is 53.1. The van der Waals surface area contributed by atoms with E-state index in [9.17, 15) is 27.2 Å². The molecule has 0 unspecified atom stereocenters. The van der Waals surface area contributed by atoms with Crippen LogP contribution in [-0.2, 0) is 17.8 Å². The van der Waals surface area contributed by atoms with Crippen molar-refractivity contribution in [2.45, 2.75) is 25.6 Å². The minimum absolute atomic E-state index is 0.0183. The summed E-state index contributed by atoms with van der Waals surface area (Å²) in [7, 11) is 0. The van der Waals surface area contributed by atoms with Crippen LogP contribution >= 0.6 is 23.2 Å². The number of carbonyl (C=O) groups excluding carboxylic acids is 1. The summed E-state index contributed by atoms with van der Waals surface area (Å²) in [5, 5.41) is 7.61. The van der Waals surface area contributed by atoms with E-state index in [2.05, 4.69) is 14.9 Å². The summed E-state index contributed by atoms with van der Waals surface area (Å²) in [5.74, 6) is -3.68. The summed E-state index contributed by atoms with van der Waals surface area (Å²) in [5.41, 5.74) is 2.20. The fraction of sp³-hybridized carbons (Fsp3) is 0.308. The number of nitrogens with one attached hydrogen (secondary N) is 1. The van der Waals surface area contributed by atoms with E-state index < -0.39 is 18.0 Å². The highest BCUT2D eigenvalue weighted by atomic mass is 35.5. The number of halogens is 6. The Bertz CT molecular complexity index is 1640. The van der Waals surface area contributed by atoms with Gasteiger partial charge in [-0.05, 0) is 30.2 Å². The Morgan fingerprint density at radius 3 is 2.52 bits per heavy atom. The second-order valence-electron chi connectivity index (χ2n) is 9.31. The molecule has 0 radical (unpaired) electrons. The molecule has 1 aromatic carbocycles. The number of carboxylic acids is 1. The number of alkyl halides is 3. The Kier molecular flexibility index (Phi) is 9.59. The van der Waals surface area contributed by atoms with Crippen molar-refractivity contribution in [3.8, 4) is 0 Å². The molecule has 16 heteroatoms. The molecule has 224 valence electrons. The molecule has 0 atom stereocenters. The molecule has 1 saturated heterocycles. The number of rotatable bonds is 5. The van der Waals surface area contributed by atoms with Gasteiger partial charge in [0.2, 0.25) is 0 Å². The van der Waals surface area contributed by atoms with Crippen LogP contribution in [0, 0.1) is 5.82 Å². The third-order valence-electron chi connectivity index (χ3n) is 6.42. The monoisotopic (exact) mass is 631 g/mol. The lowest BCUT2D eigenvalue weighted by atomic mass is 10.0. The predicted molar refractivity (Wildman–Crippen MR) is 143 cm³/mol. The van der Waals surface area contributed by atoms with Gasteiger partial charge in [-0.2, -0.15) is 13.2 Å². The number of amides is 1. The first-order valence-corrected chi connectivity index (χ1v) is 13.1. The Morgan fingerprint density at radius 2 is 1.86 bits per heavy atom. The average molecular weight is 632 g/mol. The first-order chi connectivity index (χ1) is 19.8.